The Morgan fingerprint density at radius 3 is 2.43 bits per heavy atom. The number of aromatic nitrogens is 3. The molecule has 4 rings (SSSR count). The molecule has 0 bridgehead atoms. The molecule has 0 amide bonds. The van der Waals surface area contributed by atoms with Gasteiger partial charge >= 0.3 is 0 Å². The fourth-order valence-electron chi connectivity index (χ4n) is 3.90. The molecule has 0 saturated carbocycles. The number of benzene rings is 2. The van der Waals surface area contributed by atoms with E-state index in [2.05, 4.69) is 17.6 Å². The third-order valence-corrected chi connectivity index (χ3v) is 6.67. The average Bonchev–Trinajstić information content (AvgIpc) is 3.36. The number of ether oxygens (including phenoxy) is 3. The number of hydrogen-bond donors (Lipinski definition) is 0. The van der Waals surface area contributed by atoms with Crippen molar-refractivity contribution < 1.29 is 14.2 Å². The highest BCUT2D eigenvalue weighted by Gasteiger charge is 2.17. The van der Waals surface area contributed by atoms with Gasteiger partial charge in [0.2, 0.25) is 5.75 Å². The van der Waals surface area contributed by atoms with Gasteiger partial charge in [0.15, 0.2) is 17.3 Å². The molecule has 0 spiro atoms. The monoisotopic (exact) mass is 488 g/mol. The smallest absolute Gasteiger partial charge is 0.269 e. The topological polar surface area (TPSA) is 91.3 Å². The van der Waals surface area contributed by atoms with E-state index >= 15 is 0 Å². The Kier molecular flexibility index (Phi) is 6.75. The van der Waals surface area contributed by atoms with Crippen LogP contribution >= 0.6 is 11.3 Å². The molecule has 0 N–H and O–H groups in total. The van der Waals surface area contributed by atoms with Crippen LogP contribution in [0.1, 0.15) is 11.4 Å². The van der Waals surface area contributed by atoms with Crippen molar-refractivity contribution in [3.8, 4) is 23.3 Å². The summed E-state index contributed by atoms with van der Waals surface area (Å²) in [5.41, 5.74) is 2.45. The summed E-state index contributed by atoms with van der Waals surface area (Å²) in [5, 5.41) is 10.1. The van der Waals surface area contributed by atoms with Gasteiger partial charge in [0.25, 0.3) is 5.56 Å². The number of rotatable bonds is 7. The summed E-state index contributed by atoms with van der Waals surface area (Å²) in [5.74, 6) is 1.91. The van der Waals surface area contributed by atoms with Crippen molar-refractivity contribution in [1.82, 2.24) is 14.1 Å². The molecule has 0 aliphatic rings. The molecule has 4 aromatic rings. The summed E-state index contributed by atoms with van der Waals surface area (Å²) in [6.07, 6.45) is 3.37. The Balaban J connectivity index is 2.03. The minimum atomic E-state index is -0.231. The lowest BCUT2D eigenvalue weighted by atomic mass is 10.1. The van der Waals surface area contributed by atoms with Crippen LogP contribution in [0.5, 0.6) is 17.2 Å². The van der Waals surface area contributed by atoms with E-state index < -0.39 is 0 Å². The molecule has 0 aliphatic carbocycles. The van der Waals surface area contributed by atoms with Gasteiger partial charge in [0.05, 0.1) is 36.9 Å². The van der Waals surface area contributed by atoms with Crippen LogP contribution in [0.15, 0.2) is 53.8 Å². The van der Waals surface area contributed by atoms with Crippen molar-refractivity contribution in [3.05, 3.63) is 80.0 Å². The molecule has 9 heteroatoms. The number of nitrogens with zero attached hydrogens (tertiary/aromatic N) is 4. The molecular weight excluding hydrogens is 464 g/mol. The van der Waals surface area contributed by atoms with E-state index in [1.807, 2.05) is 35.9 Å². The van der Waals surface area contributed by atoms with E-state index in [4.69, 9.17) is 14.2 Å². The fourth-order valence-corrected chi connectivity index (χ4v) is 5.01. The maximum Gasteiger partial charge on any atom is 0.269 e. The van der Waals surface area contributed by atoms with Crippen LogP contribution in [0.25, 0.3) is 22.7 Å². The van der Waals surface area contributed by atoms with Gasteiger partial charge in [-0.05, 0) is 35.9 Å². The number of nitriles is 1. The SMILES string of the molecule is C=CCn1c(=O)/c(=C/c2cc(OC)c(OC)c(OC)c2)s/c1=C(\C#N)c1nc2ccccc2n1C. The first-order valence-electron chi connectivity index (χ1n) is 10.7. The Hall–Kier alpha value is -4.29. The highest BCUT2D eigenvalue weighted by molar-refractivity contribution is 7.07. The first-order chi connectivity index (χ1) is 17.0. The molecular formula is C26H24N4O4S. The van der Waals surface area contributed by atoms with Crippen LogP contribution in [0.2, 0.25) is 0 Å². The molecule has 0 aliphatic heterocycles. The second-order valence-corrected chi connectivity index (χ2v) is 8.58. The van der Waals surface area contributed by atoms with Crippen LogP contribution in [0.3, 0.4) is 0 Å². The summed E-state index contributed by atoms with van der Waals surface area (Å²) in [6, 6.07) is 13.4. The maximum absolute atomic E-state index is 13.4. The molecule has 0 radical (unpaired) electrons. The highest BCUT2D eigenvalue weighted by atomic mass is 32.1. The van der Waals surface area contributed by atoms with Gasteiger partial charge in [-0.1, -0.05) is 18.2 Å². The number of para-hydroxylation sites is 2. The first kappa shape index (κ1) is 23.9. The largest absolute Gasteiger partial charge is 0.493 e. The molecule has 0 atom stereocenters. The van der Waals surface area contributed by atoms with Crippen molar-refractivity contribution in [3.63, 3.8) is 0 Å². The average molecular weight is 489 g/mol. The summed E-state index contributed by atoms with van der Waals surface area (Å²) in [6.45, 7) is 4.03. The van der Waals surface area contributed by atoms with Crippen LogP contribution in [0.4, 0.5) is 0 Å². The number of imidazole rings is 1. The van der Waals surface area contributed by atoms with Crippen molar-refractivity contribution in [2.24, 2.45) is 7.05 Å². The third-order valence-electron chi connectivity index (χ3n) is 5.54. The van der Waals surface area contributed by atoms with Gasteiger partial charge in [-0.3, -0.25) is 9.36 Å². The van der Waals surface area contributed by atoms with E-state index in [1.165, 1.54) is 32.7 Å². The minimum absolute atomic E-state index is 0.231. The second-order valence-electron chi connectivity index (χ2n) is 7.55. The third kappa shape index (κ3) is 4.20. The molecule has 2 aromatic heterocycles. The lowest BCUT2D eigenvalue weighted by molar-refractivity contribution is 0.324. The van der Waals surface area contributed by atoms with Crippen molar-refractivity contribution in [2.75, 3.05) is 21.3 Å². The van der Waals surface area contributed by atoms with Gasteiger partial charge in [-0.2, -0.15) is 5.26 Å². The first-order valence-corrected chi connectivity index (χ1v) is 11.5. The second kappa shape index (κ2) is 9.91. The van der Waals surface area contributed by atoms with E-state index in [0.717, 1.165) is 11.0 Å². The number of methoxy groups -OCH3 is 3. The normalized spacial score (nSPS) is 12.4. The predicted octanol–water partition coefficient (Wildman–Crippen LogP) is 2.56. The quantitative estimate of drug-likeness (QED) is 0.372. The Bertz CT molecular complexity index is 1630. The Morgan fingerprint density at radius 2 is 1.86 bits per heavy atom. The molecule has 35 heavy (non-hydrogen) atoms. The lowest BCUT2D eigenvalue weighted by Gasteiger charge is -2.12. The number of allylic oxidation sites excluding steroid dienone is 1. The molecule has 2 heterocycles. The Labute approximate surface area is 205 Å². The van der Waals surface area contributed by atoms with Crippen LogP contribution in [-0.2, 0) is 13.6 Å². The zero-order chi connectivity index (χ0) is 25.1. The van der Waals surface area contributed by atoms with Crippen molar-refractivity contribution in [2.45, 2.75) is 6.54 Å². The maximum atomic E-state index is 13.4. The van der Waals surface area contributed by atoms with E-state index in [-0.39, 0.29) is 12.1 Å². The van der Waals surface area contributed by atoms with Crippen molar-refractivity contribution in [1.29, 1.82) is 5.26 Å². The van der Waals surface area contributed by atoms with Crippen LogP contribution in [-0.4, -0.2) is 35.4 Å². The van der Waals surface area contributed by atoms with Gasteiger partial charge in [-0.15, -0.1) is 17.9 Å². The van der Waals surface area contributed by atoms with E-state index in [0.29, 0.717) is 43.4 Å². The number of aryl methyl sites for hydroxylation is 1. The molecule has 0 saturated heterocycles. The molecule has 2 aromatic carbocycles. The number of fused-ring (bicyclic) bond motifs is 1. The molecule has 0 unspecified atom stereocenters. The standard InChI is InChI=1S/C26H24N4O4S/c1-6-11-30-25(31)22(14-16-12-20(32-3)23(34-5)21(13-16)33-4)35-26(30)17(15-27)24-28-18-9-7-8-10-19(18)29(24)2/h6-10,12-14H,1,11H2,2-5H3/b22-14-,26-17+. The molecule has 178 valence electrons. The van der Waals surface area contributed by atoms with E-state index in [1.54, 1.807) is 28.9 Å². The molecule has 0 fully saturated rings. The zero-order valence-electron chi connectivity index (χ0n) is 19.9. The van der Waals surface area contributed by atoms with Crippen molar-refractivity contribution >= 4 is 34.0 Å². The van der Waals surface area contributed by atoms with Gasteiger partial charge in [0, 0.05) is 13.6 Å². The van der Waals surface area contributed by atoms with E-state index in [9.17, 15) is 10.1 Å². The van der Waals surface area contributed by atoms with Crippen LogP contribution < -0.4 is 29.0 Å². The van der Waals surface area contributed by atoms with Crippen LogP contribution in [0, 0.1) is 11.3 Å². The lowest BCUT2D eigenvalue weighted by Crippen LogP contribution is -2.32. The number of thiazole rings is 1. The summed E-state index contributed by atoms with van der Waals surface area (Å²) in [4.78, 5) is 18.0. The summed E-state index contributed by atoms with van der Waals surface area (Å²) >= 11 is 1.23. The highest BCUT2D eigenvalue weighted by Crippen LogP contribution is 2.38. The predicted molar refractivity (Wildman–Crippen MR) is 137 cm³/mol. The number of hydrogen-bond acceptors (Lipinski definition) is 7. The zero-order valence-corrected chi connectivity index (χ0v) is 20.7. The van der Waals surface area contributed by atoms with Gasteiger partial charge < -0.3 is 18.8 Å². The Morgan fingerprint density at radius 1 is 1.17 bits per heavy atom. The van der Waals surface area contributed by atoms with Gasteiger partial charge in [-0.25, -0.2) is 4.98 Å². The summed E-state index contributed by atoms with van der Waals surface area (Å²) in [7, 11) is 6.46. The fraction of sp³-hybridized carbons (Fsp3) is 0.192. The van der Waals surface area contributed by atoms with Gasteiger partial charge in [0.1, 0.15) is 16.3 Å². The minimum Gasteiger partial charge on any atom is -0.493 e. The molecule has 8 nitrogen and oxygen atoms in total. The summed E-state index contributed by atoms with van der Waals surface area (Å²) < 4.78 is 20.6.